The van der Waals surface area contributed by atoms with E-state index in [0.717, 1.165) is 41.0 Å². The zero-order valence-electron chi connectivity index (χ0n) is 24.0. The Morgan fingerprint density at radius 1 is 0.977 bits per heavy atom. The van der Waals surface area contributed by atoms with Gasteiger partial charge in [-0.25, -0.2) is 12.8 Å². The van der Waals surface area contributed by atoms with Gasteiger partial charge < -0.3 is 10.0 Å². The SMILES string of the molecule is O=C1C(N(Cc2ccccc2)S(=O)(=O)c2ccc(Cl)s2)CCCN1c1ccc(-c2ccccc2CN2CCC(O)C2)cc1F. The van der Waals surface area contributed by atoms with Gasteiger partial charge in [0, 0.05) is 32.7 Å². The van der Waals surface area contributed by atoms with Gasteiger partial charge in [0.2, 0.25) is 5.91 Å². The van der Waals surface area contributed by atoms with Crippen LogP contribution in [0.3, 0.4) is 0 Å². The summed E-state index contributed by atoms with van der Waals surface area (Å²) in [6, 6.07) is 23.7. The number of halogens is 2. The van der Waals surface area contributed by atoms with E-state index < -0.39 is 27.8 Å². The Morgan fingerprint density at radius 2 is 1.75 bits per heavy atom. The van der Waals surface area contributed by atoms with Crippen LogP contribution in [-0.4, -0.2) is 60.4 Å². The number of carbonyl (C=O) groups is 1. The summed E-state index contributed by atoms with van der Waals surface area (Å²) in [7, 11) is -4.08. The number of anilines is 1. The molecule has 0 spiro atoms. The monoisotopic (exact) mass is 653 g/mol. The highest BCUT2D eigenvalue weighted by Crippen LogP contribution is 2.35. The van der Waals surface area contributed by atoms with E-state index in [1.807, 2.05) is 54.6 Å². The third kappa shape index (κ3) is 6.47. The smallest absolute Gasteiger partial charge is 0.253 e. The average Bonchev–Trinajstić information content (AvgIpc) is 3.65. The number of thiophene rings is 1. The molecule has 2 aliphatic rings. The second-order valence-corrected chi connectivity index (χ2v) is 15.1. The topological polar surface area (TPSA) is 81.2 Å². The summed E-state index contributed by atoms with van der Waals surface area (Å²) in [5, 5.41) is 9.94. The Kier molecular flexibility index (Phi) is 9.18. The quantitative estimate of drug-likeness (QED) is 0.234. The molecule has 1 aromatic heterocycles. The van der Waals surface area contributed by atoms with E-state index in [1.165, 1.54) is 27.4 Å². The summed E-state index contributed by atoms with van der Waals surface area (Å²) >= 11 is 7.03. The summed E-state index contributed by atoms with van der Waals surface area (Å²) in [6.45, 7) is 2.33. The summed E-state index contributed by atoms with van der Waals surface area (Å²) in [5.41, 5.74) is 3.46. The number of aliphatic hydroxyl groups is 1. The van der Waals surface area contributed by atoms with E-state index in [0.29, 0.717) is 35.8 Å². The van der Waals surface area contributed by atoms with Gasteiger partial charge in [0.05, 0.1) is 16.1 Å². The zero-order chi connectivity index (χ0) is 30.8. The van der Waals surface area contributed by atoms with Crippen molar-refractivity contribution >= 4 is 44.6 Å². The number of rotatable bonds is 9. The number of β-amino-alcohol motifs (C(OH)–C–C–N with tert-alkyl or cyclic N) is 1. The van der Waals surface area contributed by atoms with Crippen LogP contribution in [0.4, 0.5) is 10.1 Å². The molecule has 3 heterocycles. The number of nitrogens with zero attached hydrogens (tertiary/aromatic N) is 3. The Bertz CT molecular complexity index is 1750. The maximum Gasteiger partial charge on any atom is 0.253 e. The van der Waals surface area contributed by atoms with Crippen LogP contribution in [0.15, 0.2) is 89.1 Å². The molecule has 44 heavy (non-hydrogen) atoms. The van der Waals surface area contributed by atoms with Crippen molar-refractivity contribution in [3.05, 3.63) is 106 Å². The van der Waals surface area contributed by atoms with Crippen LogP contribution < -0.4 is 4.90 Å². The number of hydrogen-bond donors (Lipinski definition) is 1. The predicted octanol–water partition coefficient (Wildman–Crippen LogP) is 6.16. The Hall–Kier alpha value is -3.12. The largest absolute Gasteiger partial charge is 0.392 e. The van der Waals surface area contributed by atoms with Crippen molar-refractivity contribution in [1.29, 1.82) is 0 Å². The number of hydrogen-bond acceptors (Lipinski definition) is 6. The zero-order valence-corrected chi connectivity index (χ0v) is 26.4. The third-order valence-electron chi connectivity index (χ3n) is 8.26. The van der Waals surface area contributed by atoms with E-state index in [9.17, 15) is 18.3 Å². The minimum Gasteiger partial charge on any atom is -0.392 e. The molecular weight excluding hydrogens is 621 g/mol. The lowest BCUT2D eigenvalue weighted by Gasteiger charge is -2.37. The van der Waals surface area contributed by atoms with E-state index >= 15 is 4.39 Å². The maximum atomic E-state index is 15.9. The van der Waals surface area contributed by atoms with Crippen LogP contribution in [0, 0.1) is 5.82 Å². The summed E-state index contributed by atoms with van der Waals surface area (Å²) in [6.07, 6.45) is 1.24. The number of aliphatic hydroxyl groups excluding tert-OH is 1. The lowest BCUT2D eigenvalue weighted by molar-refractivity contribution is -0.123. The summed E-state index contributed by atoms with van der Waals surface area (Å²) in [5.74, 6) is -1.01. The first kappa shape index (κ1) is 30.9. The highest BCUT2D eigenvalue weighted by molar-refractivity contribution is 7.91. The lowest BCUT2D eigenvalue weighted by atomic mass is 9.98. The van der Waals surface area contributed by atoms with Gasteiger partial charge in [-0.15, -0.1) is 11.3 Å². The van der Waals surface area contributed by atoms with E-state index in [2.05, 4.69) is 4.90 Å². The second-order valence-electron chi connectivity index (χ2n) is 11.2. The summed E-state index contributed by atoms with van der Waals surface area (Å²) < 4.78 is 45.3. The van der Waals surface area contributed by atoms with Gasteiger partial charge in [-0.3, -0.25) is 9.69 Å². The van der Waals surface area contributed by atoms with Gasteiger partial charge in [-0.1, -0.05) is 72.3 Å². The van der Waals surface area contributed by atoms with Gasteiger partial charge in [0.15, 0.2) is 0 Å². The molecule has 2 saturated heterocycles. The normalized spacial score (nSPS) is 19.6. The van der Waals surface area contributed by atoms with Crippen molar-refractivity contribution in [2.45, 2.75) is 48.7 Å². The highest BCUT2D eigenvalue weighted by atomic mass is 35.5. The molecule has 0 saturated carbocycles. The van der Waals surface area contributed by atoms with Gasteiger partial charge in [-0.05, 0) is 65.8 Å². The van der Waals surface area contributed by atoms with Crippen molar-refractivity contribution < 1.29 is 22.7 Å². The van der Waals surface area contributed by atoms with Crippen LogP contribution in [-0.2, 0) is 27.9 Å². The molecule has 11 heteroatoms. The van der Waals surface area contributed by atoms with Crippen LogP contribution in [0.5, 0.6) is 0 Å². The molecule has 2 atom stereocenters. The molecule has 2 unspecified atom stereocenters. The van der Waals surface area contributed by atoms with Crippen LogP contribution >= 0.6 is 22.9 Å². The van der Waals surface area contributed by atoms with Crippen molar-refractivity contribution in [2.24, 2.45) is 0 Å². The minimum absolute atomic E-state index is 0.00477. The molecule has 230 valence electrons. The van der Waals surface area contributed by atoms with Crippen molar-refractivity contribution in [3.8, 4) is 11.1 Å². The number of sulfonamides is 1. The van der Waals surface area contributed by atoms with E-state index in [1.54, 1.807) is 12.1 Å². The molecule has 0 aliphatic carbocycles. The molecule has 1 N–H and O–H groups in total. The molecule has 0 radical (unpaired) electrons. The lowest BCUT2D eigenvalue weighted by Crippen LogP contribution is -2.54. The number of likely N-dealkylation sites (tertiary alicyclic amines) is 1. The number of piperidine rings is 1. The molecule has 0 bridgehead atoms. The van der Waals surface area contributed by atoms with Crippen LogP contribution in [0.25, 0.3) is 11.1 Å². The highest BCUT2D eigenvalue weighted by Gasteiger charge is 2.41. The first-order chi connectivity index (χ1) is 21.2. The third-order valence-corrected chi connectivity index (χ3v) is 11.8. The molecule has 3 aromatic carbocycles. The first-order valence-corrected chi connectivity index (χ1v) is 17.2. The minimum atomic E-state index is -4.08. The van der Waals surface area contributed by atoms with Gasteiger partial charge in [-0.2, -0.15) is 4.31 Å². The Morgan fingerprint density at radius 3 is 2.45 bits per heavy atom. The van der Waals surface area contributed by atoms with Crippen LogP contribution in [0.2, 0.25) is 4.34 Å². The standard InChI is InChI=1S/C33H33ClFN3O4S2/c34-31-14-15-32(43-31)44(41,42)38(20-23-7-2-1-3-8-23)30-11-6-17-37(33(30)40)29-13-12-24(19-28(29)35)27-10-5-4-9-25(27)21-36-18-16-26(39)22-36/h1-5,7-10,12-15,19,26,30,39H,6,11,16-18,20-22H2. The fourth-order valence-corrected chi connectivity index (χ4v) is 9.28. The molecule has 6 rings (SSSR count). The average molecular weight is 654 g/mol. The molecule has 7 nitrogen and oxygen atoms in total. The Labute approximate surface area is 266 Å². The first-order valence-electron chi connectivity index (χ1n) is 14.6. The van der Waals surface area contributed by atoms with Gasteiger partial charge in [0.1, 0.15) is 16.1 Å². The fraction of sp³-hybridized carbons (Fsp3) is 0.303. The number of carbonyl (C=O) groups excluding carboxylic acids is 1. The Balaban J connectivity index is 1.29. The maximum absolute atomic E-state index is 15.9. The predicted molar refractivity (Wildman–Crippen MR) is 172 cm³/mol. The van der Waals surface area contributed by atoms with Gasteiger partial charge in [0.25, 0.3) is 10.0 Å². The molecule has 1 amide bonds. The fourth-order valence-electron chi connectivity index (χ4n) is 6.07. The molecule has 2 fully saturated rings. The number of amides is 1. The molecule has 2 aliphatic heterocycles. The van der Waals surface area contributed by atoms with Crippen molar-refractivity contribution in [3.63, 3.8) is 0 Å². The van der Waals surface area contributed by atoms with E-state index in [4.69, 9.17) is 11.6 Å². The summed E-state index contributed by atoms with van der Waals surface area (Å²) in [4.78, 5) is 17.6. The van der Waals surface area contributed by atoms with Crippen molar-refractivity contribution in [1.82, 2.24) is 9.21 Å². The van der Waals surface area contributed by atoms with Gasteiger partial charge >= 0.3 is 0 Å². The molecular formula is C33H33ClFN3O4S2. The second kappa shape index (κ2) is 13.1. The molecule has 4 aromatic rings. The van der Waals surface area contributed by atoms with E-state index in [-0.39, 0.29) is 29.1 Å². The van der Waals surface area contributed by atoms with Crippen LogP contribution in [0.1, 0.15) is 30.4 Å². The number of benzene rings is 3. The van der Waals surface area contributed by atoms with Crippen molar-refractivity contribution in [2.75, 3.05) is 24.5 Å².